The summed E-state index contributed by atoms with van der Waals surface area (Å²) in [6.45, 7) is 0. The van der Waals surface area contributed by atoms with Gasteiger partial charge in [-0.05, 0) is 60.2 Å². The maximum atomic E-state index is 12.3. The van der Waals surface area contributed by atoms with Gasteiger partial charge >= 0.3 is 5.97 Å². The first-order chi connectivity index (χ1) is 13.9. The van der Waals surface area contributed by atoms with E-state index >= 15 is 0 Å². The molecule has 146 valence electrons. The third-order valence-corrected chi connectivity index (χ3v) is 4.78. The normalized spacial score (nSPS) is 10.7. The van der Waals surface area contributed by atoms with Gasteiger partial charge in [0.05, 0.1) is 16.8 Å². The molecule has 1 amide bonds. The first-order valence-electron chi connectivity index (χ1n) is 8.28. The Hall–Kier alpha value is -2.67. The van der Waals surface area contributed by atoms with Crippen LogP contribution in [0.25, 0.3) is 0 Å². The van der Waals surface area contributed by atoms with E-state index in [-0.39, 0.29) is 16.5 Å². The molecule has 0 bridgehead atoms. The number of nitrogens with one attached hydrogen (secondary N) is 1. The summed E-state index contributed by atoms with van der Waals surface area (Å²) >= 11 is 15.2. The fraction of sp³-hybridized carbons (Fsp3) is 0. The average molecular weight is 492 g/mol. The van der Waals surface area contributed by atoms with Crippen molar-refractivity contribution in [1.82, 2.24) is 5.43 Å². The molecule has 8 heteroatoms. The number of hydrazone groups is 1. The van der Waals surface area contributed by atoms with Gasteiger partial charge in [0.1, 0.15) is 5.75 Å². The van der Waals surface area contributed by atoms with Gasteiger partial charge in [0.15, 0.2) is 0 Å². The number of nitrogens with zero attached hydrogens (tertiary/aromatic N) is 1. The van der Waals surface area contributed by atoms with Crippen LogP contribution in [-0.4, -0.2) is 18.1 Å². The van der Waals surface area contributed by atoms with E-state index < -0.39 is 5.97 Å². The number of hydrogen-bond acceptors (Lipinski definition) is 4. The molecule has 0 aliphatic carbocycles. The van der Waals surface area contributed by atoms with Crippen LogP contribution in [0.5, 0.6) is 5.75 Å². The van der Waals surface area contributed by atoms with Gasteiger partial charge in [-0.1, -0.05) is 51.3 Å². The molecule has 0 saturated carbocycles. The average Bonchev–Trinajstić information content (AvgIpc) is 2.68. The third kappa shape index (κ3) is 5.90. The number of ether oxygens (including phenoxy) is 1. The lowest BCUT2D eigenvalue weighted by molar-refractivity contribution is 0.0734. The van der Waals surface area contributed by atoms with E-state index in [0.29, 0.717) is 21.9 Å². The number of carbonyl (C=O) groups is 2. The Morgan fingerprint density at radius 1 is 1.00 bits per heavy atom. The maximum absolute atomic E-state index is 12.3. The van der Waals surface area contributed by atoms with Gasteiger partial charge in [-0.3, -0.25) is 4.79 Å². The number of hydrogen-bond donors (Lipinski definition) is 1. The number of benzene rings is 3. The lowest BCUT2D eigenvalue weighted by atomic mass is 10.2. The van der Waals surface area contributed by atoms with Gasteiger partial charge in [0.2, 0.25) is 0 Å². The number of halogens is 3. The van der Waals surface area contributed by atoms with Crippen molar-refractivity contribution in [3.05, 3.63) is 97.9 Å². The highest BCUT2D eigenvalue weighted by molar-refractivity contribution is 9.10. The number of esters is 1. The zero-order chi connectivity index (χ0) is 20.8. The van der Waals surface area contributed by atoms with Gasteiger partial charge in [-0.15, -0.1) is 0 Å². The molecule has 1 N–H and O–H groups in total. The van der Waals surface area contributed by atoms with Crippen molar-refractivity contribution in [3.63, 3.8) is 0 Å². The van der Waals surface area contributed by atoms with Crippen molar-refractivity contribution in [2.24, 2.45) is 5.10 Å². The van der Waals surface area contributed by atoms with Crippen molar-refractivity contribution >= 4 is 57.2 Å². The molecular formula is C21H13BrCl2N2O3. The predicted molar refractivity (Wildman–Crippen MR) is 117 cm³/mol. The maximum Gasteiger partial charge on any atom is 0.345 e. The van der Waals surface area contributed by atoms with E-state index in [1.165, 1.54) is 18.3 Å². The van der Waals surface area contributed by atoms with Crippen molar-refractivity contribution in [3.8, 4) is 5.75 Å². The van der Waals surface area contributed by atoms with Gasteiger partial charge in [0, 0.05) is 15.1 Å². The second kappa shape index (κ2) is 9.69. The van der Waals surface area contributed by atoms with E-state index in [9.17, 15) is 9.59 Å². The summed E-state index contributed by atoms with van der Waals surface area (Å²) < 4.78 is 6.23. The highest BCUT2D eigenvalue weighted by Gasteiger charge is 2.13. The molecule has 0 spiro atoms. The molecule has 29 heavy (non-hydrogen) atoms. The molecule has 0 unspecified atom stereocenters. The first-order valence-corrected chi connectivity index (χ1v) is 9.83. The fourth-order valence-corrected chi connectivity index (χ4v) is 3.06. The quantitative estimate of drug-likeness (QED) is 0.214. The minimum absolute atomic E-state index is 0.205. The Morgan fingerprint density at radius 2 is 1.76 bits per heavy atom. The summed E-state index contributed by atoms with van der Waals surface area (Å²) in [6.07, 6.45) is 1.45. The van der Waals surface area contributed by atoms with Crippen LogP contribution in [0.3, 0.4) is 0 Å². The van der Waals surface area contributed by atoms with Crippen LogP contribution in [0, 0.1) is 0 Å². The minimum atomic E-state index is -0.607. The molecule has 3 aromatic carbocycles. The monoisotopic (exact) mass is 490 g/mol. The van der Waals surface area contributed by atoms with Crippen LogP contribution in [0.15, 0.2) is 76.3 Å². The van der Waals surface area contributed by atoms with Crippen molar-refractivity contribution in [2.45, 2.75) is 0 Å². The Bertz CT molecular complexity index is 1090. The summed E-state index contributed by atoms with van der Waals surface area (Å²) in [6, 6.07) is 18.1. The molecule has 0 aromatic heterocycles. The molecule has 5 nitrogen and oxygen atoms in total. The van der Waals surface area contributed by atoms with Crippen LogP contribution in [-0.2, 0) is 0 Å². The van der Waals surface area contributed by atoms with Gasteiger partial charge in [-0.25, -0.2) is 10.2 Å². The molecule has 0 aliphatic rings. The molecule has 3 aromatic rings. The summed E-state index contributed by atoms with van der Waals surface area (Å²) in [4.78, 5) is 24.3. The Morgan fingerprint density at radius 3 is 2.48 bits per heavy atom. The summed E-state index contributed by atoms with van der Waals surface area (Å²) in [5, 5.41) is 4.56. The predicted octanol–water partition coefficient (Wildman–Crippen LogP) is 5.74. The summed E-state index contributed by atoms with van der Waals surface area (Å²) in [5.74, 6) is -0.637. The number of amides is 1. The van der Waals surface area contributed by atoms with Gasteiger partial charge in [0.25, 0.3) is 5.91 Å². The smallest absolute Gasteiger partial charge is 0.345 e. The van der Waals surface area contributed by atoms with E-state index in [0.717, 1.165) is 4.47 Å². The van der Waals surface area contributed by atoms with Crippen LogP contribution in [0.4, 0.5) is 0 Å². The highest BCUT2D eigenvalue weighted by Crippen LogP contribution is 2.23. The molecule has 0 saturated heterocycles. The van der Waals surface area contributed by atoms with E-state index in [1.807, 2.05) is 0 Å². The summed E-state index contributed by atoms with van der Waals surface area (Å²) in [7, 11) is 0. The Balaban J connectivity index is 1.64. The van der Waals surface area contributed by atoms with E-state index in [2.05, 4.69) is 26.5 Å². The van der Waals surface area contributed by atoms with Crippen molar-refractivity contribution < 1.29 is 14.3 Å². The standard InChI is InChI=1S/C21H13BrCl2N2O3/c22-15-6-4-14(5-7-15)20(27)26-25-12-13-2-1-3-17(10-13)29-21(28)18-9-8-16(23)11-19(18)24/h1-12H,(H,26,27)/b25-12+. The fourth-order valence-electron chi connectivity index (χ4n) is 2.31. The lowest BCUT2D eigenvalue weighted by Crippen LogP contribution is -2.17. The largest absolute Gasteiger partial charge is 0.423 e. The second-order valence-corrected chi connectivity index (χ2v) is 7.55. The SMILES string of the molecule is O=C(N/N=C/c1cccc(OC(=O)c2ccc(Cl)cc2Cl)c1)c1ccc(Br)cc1. The molecule has 3 rings (SSSR count). The van der Waals surface area contributed by atoms with Gasteiger partial charge in [-0.2, -0.15) is 5.10 Å². The van der Waals surface area contributed by atoms with Crippen LogP contribution < -0.4 is 10.2 Å². The lowest BCUT2D eigenvalue weighted by Gasteiger charge is -2.07. The molecule has 0 fully saturated rings. The number of carbonyl (C=O) groups excluding carboxylic acids is 2. The third-order valence-electron chi connectivity index (χ3n) is 3.71. The molecule has 0 aliphatic heterocycles. The number of rotatable bonds is 5. The Labute approximate surface area is 185 Å². The zero-order valence-corrected chi connectivity index (χ0v) is 17.8. The Kier molecular flexibility index (Phi) is 7.04. The van der Waals surface area contributed by atoms with Crippen molar-refractivity contribution in [1.29, 1.82) is 0 Å². The van der Waals surface area contributed by atoms with Gasteiger partial charge < -0.3 is 4.74 Å². The van der Waals surface area contributed by atoms with E-state index in [4.69, 9.17) is 27.9 Å². The minimum Gasteiger partial charge on any atom is -0.423 e. The molecule has 0 atom stereocenters. The first kappa shape index (κ1) is 21.0. The molecule has 0 heterocycles. The molecule has 0 radical (unpaired) electrons. The summed E-state index contributed by atoms with van der Waals surface area (Å²) in [5.41, 5.74) is 3.76. The highest BCUT2D eigenvalue weighted by atomic mass is 79.9. The molecular weight excluding hydrogens is 479 g/mol. The van der Waals surface area contributed by atoms with Crippen molar-refractivity contribution in [2.75, 3.05) is 0 Å². The second-order valence-electron chi connectivity index (χ2n) is 5.79. The topological polar surface area (TPSA) is 67.8 Å². The van der Waals surface area contributed by atoms with Crippen LogP contribution >= 0.6 is 39.1 Å². The zero-order valence-electron chi connectivity index (χ0n) is 14.7. The van der Waals surface area contributed by atoms with Crippen LogP contribution in [0.1, 0.15) is 26.3 Å². The van der Waals surface area contributed by atoms with Crippen LogP contribution in [0.2, 0.25) is 10.0 Å². The van der Waals surface area contributed by atoms with E-state index in [1.54, 1.807) is 54.6 Å².